The molecule has 0 bridgehead atoms. The number of ether oxygens (including phenoxy) is 1. The highest BCUT2D eigenvalue weighted by molar-refractivity contribution is 5.72. The van der Waals surface area contributed by atoms with Crippen LogP contribution < -0.4 is 0 Å². The highest BCUT2D eigenvalue weighted by Gasteiger charge is 2.30. The van der Waals surface area contributed by atoms with Gasteiger partial charge in [-0.25, -0.2) is 0 Å². The zero-order valence-electron chi connectivity index (χ0n) is 8.95. The first-order chi connectivity index (χ1) is 6.59. The molecule has 0 aromatic carbocycles. The summed E-state index contributed by atoms with van der Waals surface area (Å²) in [5.41, 5.74) is -0.542. The van der Waals surface area contributed by atoms with Crippen molar-refractivity contribution in [1.82, 2.24) is 0 Å². The van der Waals surface area contributed by atoms with Gasteiger partial charge < -0.3 is 4.74 Å². The molecular formula is C12H18O2. The molecule has 1 aliphatic carbocycles. The molecule has 78 valence electrons. The highest BCUT2D eigenvalue weighted by atomic mass is 16.6. The standard InChI is InChI=1S/C12H18O2/c1-4-12(8-6-5-7-9-12)14-11(13)10(2)3/h4,6,8,10H,1,5,7,9H2,2-3H3. The number of carbonyl (C=O) groups is 1. The first kappa shape index (κ1) is 11.0. The van der Waals surface area contributed by atoms with Crippen molar-refractivity contribution in [2.24, 2.45) is 5.92 Å². The summed E-state index contributed by atoms with van der Waals surface area (Å²) in [6.07, 6.45) is 8.69. The quantitative estimate of drug-likeness (QED) is 0.510. The molecule has 1 aliphatic rings. The third kappa shape index (κ3) is 2.47. The molecule has 0 saturated carbocycles. The van der Waals surface area contributed by atoms with E-state index < -0.39 is 5.60 Å². The number of carbonyl (C=O) groups excluding carboxylic acids is 1. The zero-order valence-corrected chi connectivity index (χ0v) is 8.95. The summed E-state index contributed by atoms with van der Waals surface area (Å²) >= 11 is 0. The molecule has 2 heteroatoms. The van der Waals surface area contributed by atoms with Crippen LogP contribution in [-0.4, -0.2) is 11.6 Å². The van der Waals surface area contributed by atoms with Crippen LogP contribution in [0.4, 0.5) is 0 Å². The Morgan fingerprint density at radius 2 is 2.36 bits per heavy atom. The van der Waals surface area contributed by atoms with E-state index in [9.17, 15) is 4.79 Å². The van der Waals surface area contributed by atoms with E-state index in [1.807, 2.05) is 19.9 Å². The Kier molecular flexibility index (Phi) is 3.50. The van der Waals surface area contributed by atoms with Crippen molar-refractivity contribution in [3.05, 3.63) is 24.8 Å². The lowest BCUT2D eigenvalue weighted by molar-refractivity contribution is -0.156. The molecular weight excluding hydrogens is 176 g/mol. The Balaban J connectivity index is 2.70. The minimum Gasteiger partial charge on any atom is -0.450 e. The third-order valence-electron chi connectivity index (χ3n) is 2.45. The second kappa shape index (κ2) is 4.45. The fraction of sp³-hybridized carbons (Fsp3) is 0.583. The Hall–Kier alpha value is -1.05. The van der Waals surface area contributed by atoms with Crippen molar-refractivity contribution in [1.29, 1.82) is 0 Å². The van der Waals surface area contributed by atoms with E-state index in [-0.39, 0.29) is 11.9 Å². The van der Waals surface area contributed by atoms with Crippen LogP contribution >= 0.6 is 0 Å². The van der Waals surface area contributed by atoms with Crippen LogP contribution in [0, 0.1) is 5.92 Å². The Labute approximate surface area is 85.6 Å². The molecule has 0 spiro atoms. The Morgan fingerprint density at radius 1 is 1.64 bits per heavy atom. The molecule has 1 rings (SSSR count). The smallest absolute Gasteiger partial charge is 0.309 e. The molecule has 0 saturated heterocycles. The zero-order chi connectivity index (χ0) is 10.6. The Bertz CT molecular complexity index is 253. The summed E-state index contributed by atoms with van der Waals surface area (Å²) in [4.78, 5) is 11.5. The minimum absolute atomic E-state index is 0.0813. The molecule has 0 aliphatic heterocycles. The fourth-order valence-corrected chi connectivity index (χ4v) is 1.46. The second-order valence-corrected chi connectivity index (χ2v) is 4.03. The summed E-state index contributed by atoms with van der Waals surface area (Å²) in [5, 5.41) is 0. The SMILES string of the molecule is C=CC1(OC(=O)C(C)C)C=CCCC1. The lowest BCUT2D eigenvalue weighted by Gasteiger charge is -2.30. The van der Waals surface area contributed by atoms with Crippen molar-refractivity contribution < 1.29 is 9.53 Å². The number of hydrogen-bond acceptors (Lipinski definition) is 2. The molecule has 2 nitrogen and oxygen atoms in total. The van der Waals surface area contributed by atoms with Gasteiger partial charge in [-0.1, -0.05) is 26.5 Å². The van der Waals surface area contributed by atoms with Gasteiger partial charge in [0.05, 0.1) is 5.92 Å². The summed E-state index contributed by atoms with van der Waals surface area (Å²) in [7, 11) is 0. The third-order valence-corrected chi connectivity index (χ3v) is 2.45. The topological polar surface area (TPSA) is 26.3 Å². The van der Waals surface area contributed by atoms with Gasteiger partial charge in [0.1, 0.15) is 5.60 Å². The predicted molar refractivity (Wildman–Crippen MR) is 56.8 cm³/mol. The van der Waals surface area contributed by atoms with Crippen LogP contribution in [0.25, 0.3) is 0 Å². The maximum absolute atomic E-state index is 11.5. The Morgan fingerprint density at radius 3 is 2.79 bits per heavy atom. The van der Waals surface area contributed by atoms with Gasteiger partial charge in [-0.3, -0.25) is 4.79 Å². The second-order valence-electron chi connectivity index (χ2n) is 4.03. The molecule has 0 N–H and O–H groups in total. The van der Waals surface area contributed by atoms with Crippen LogP contribution in [0.3, 0.4) is 0 Å². The van der Waals surface area contributed by atoms with E-state index in [1.165, 1.54) is 0 Å². The maximum atomic E-state index is 11.5. The average Bonchev–Trinajstić information content (AvgIpc) is 2.19. The first-order valence-corrected chi connectivity index (χ1v) is 5.14. The van der Waals surface area contributed by atoms with E-state index in [2.05, 4.69) is 12.7 Å². The van der Waals surface area contributed by atoms with Crippen molar-refractivity contribution in [3.63, 3.8) is 0 Å². The van der Waals surface area contributed by atoms with Gasteiger partial charge in [-0.05, 0) is 31.4 Å². The largest absolute Gasteiger partial charge is 0.450 e. The van der Waals surface area contributed by atoms with Gasteiger partial charge >= 0.3 is 5.97 Å². The van der Waals surface area contributed by atoms with E-state index >= 15 is 0 Å². The van der Waals surface area contributed by atoms with Crippen LogP contribution in [0.1, 0.15) is 33.1 Å². The summed E-state index contributed by atoms with van der Waals surface area (Å²) < 4.78 is 5.45. The van der Waals surface area contributed by atoms with Gasteiger partial charge in [-0.15, -0.1) is 0 Å². The molecule has 0 heterocycles. The molecule has 0 aromatic rings. The van der Waals surface area contributed by atoms with E-state index in [0.29, 0.717) is 0 Å². The van der Waals surface area contributed by atoms with Crippen molar-refractivity contribution in [2.45, 2.75) is 38.7 Å². The summed E-state index contributed by atoms with van der Waals surface area (Å²) in [5.74, 6) is -0.237. The minimum atomic E-state index is -0.542. The summed E-state index contributed by atoms with van der Waals surface area (Å²) in [6.45, 7) is 7.42. The molecule has 0 radical (unpaired) electrons. The van der Waals surface area contributed by atoms with Crippen molar-refractivity contribution in [2.75, 3.05) is 0 Å². The number of rotatable bonds is 3. The molecule has 1 atom stereocenters. The average molecular weight is 194 g/mol. The molecule has 14 heavy (non-hydrogen) atoms. The van der Waals surface area contributed by atoms with Gasteiger partial charge in [0, 0.05) is 0 Å². The predicted octanol–water partition coefficient (Wildman–Crippen LogP) is 2.85. The normalized spacial score (nSPS) is 26.2. The van der Waals surface area contributed by atoms with E-state index in [0.717, 1.165) is 19.3 Å². The van der Waals surface area contributed by atoms with Crippen LogP contribution in [0.15, 0.2) is 24.8 Å². The van der Waals surface area contributed by atoms with E-state index in [1.54, 1.807) is 6.08 Å². The van der Waals surface area contributed by atoms with Crippen LogP contribution in [-0.2, 0) is 9.53 Å². The van der Waals surface area contributed by atoms with Gasteiger partial charge in [-0.2, -0.15) is 0 Å². The molecule has 0 amide bonds. The lowest BCUT2D eigenvalue weighted by Crippen LogP contribution is -2.33. The van der Waals surface area contributed by atoms with Gasteiger partial charge in [0.15, 0.2) is 0 Å². The molecule has 1 unspecified atom stereocenters. The lowest BCUT2D eigenvalue weighted by atomic mass is 9.91. The summed E-state index contributed by atoms with van der Waals surface area (Å²) in [6, 6.07) is 0. The molecule has 0 aromatic heterocycles. The monoisotopic (exact) mass is 194 g/mol. The molecule has 0 fully saturated rings. The van der Waals surface area contributed by atoms with Crippen LogP contribution in [0.2, 0.25) is 0 Å². The van der Waals surface area contributed by atoms with Crippen molar-refractivity contribution in [3.8, 4) is 0 Å². The number of allylic oxidation sites excluding steroid dienone is 1. The fourth-order valence-electron chi connectivity index (χ4n) is 1.46. The van der Waals surface area contributed by atoms with E-state index in [4.69, 9.17) is 4.74 Å². The number of hydrogen-bond donors (Lipinski definition) is 0. The highest BCUT2D eigenvalue weighted by Crippen LogP contribution is 2.28. The van der Waals surface area contributed by atoms with Gasteiger partial charge in [0.2, 0.25) is 0 Å². The van der Waals surface area contributed by atoms with Gasteiger partial charge in [0.25, 0.3) is 0 Å². The number of esters is 1. The van der Waals surface area contributed by atoms with Crippen LogP contribution in [0.5, 0.6) is 0 Å². The van der Waals surface area contributed by atoms with Crippen molar-refractivity contribution >= 4 is 5.97 Å². The maximum Gasteiger partial charge on any atom is 0.309 e. The first-order valence-electron chi connectivity index (χ1n) is 5.14.